The maximum absolute atomic E-state index is 13.7. The molecule has 0 saturated heterocycles. The predicted molar refractivity (Wildman–Crippen MR) is 80.1 cm³/mol. The summed E-state index contributed by atoms with van der Waals surface area (Å²) in [5.41, 5.74) is 1.40. The van der Waals surface area contributed by atoms with Gasteiger partial charge in [0.2, 0.25) is 0 Å². The molecule has 3 nitrogen and oxygen atoms in total. The van der Waals surface area contributed by atoms with Gasteiger partial charge in [0.15, 0.2) is 0 Å². The second kappa shape index (κ2) is 6.74. The van der Waals surface area contributed by atoms with Crippen LogP contribution in [0, 0.1) is 5.82 Å². The van der Waals surface area contributed by atoms with E-state index in [-0.39, 0.29) is 10.4 Å². The van der Waals surface area contributed by atoms with Crippen LogP contribution in [0.25, 0.3) is 11.0 Å². The van der Waals surface area contributed by atoms with Crippen LogP contribution in [0.15, 0.2) is 12.1 Å². The van der Waals surface area contributed by atoms with Crippen molar-refractivity contribution in [3.8, 4) is 0 Å². The zero-order chi connectivity index (χ0) is 14.7. The monoisotopic (exact) mass is 318 g/mol. The van der Waals surface area contributed by atoms with Crippen LogP contribution in [0.3, 0.4) is 0 Å². The van der Waals surface area contributed by atoms with E-state index in [9.17, 15) is 4.39 Å². The molecule has 0 aliphatic heterocycles. The predicted octanol–water partition coefficient (Wildman–Crippen LogP) is 4.56. The van der Waals surface area contributed by atoms with Crippen LogP contribution in [-0.2, 0) is 11.3 Å². The van der Waals surface area contributed by atoms with E-state index in [0.29, 0.717) is 12.1 Å². The van der Waals surface area contributed by atoms with Crippen molar-refractivity contribution in [3.63, 3.8) is 0 Å². The summed E-state index contributed by atoms with van der Waals surface area (Å²) in [6.45, 7) is 3.29. The van der Waals surface area contributed by atoms with Crippen molar-refractivity contribution in [1.29, 1.82) is 0 Å². The van der Waals surface area contributed by atoms with Crippen LogP contribution in [0.5, 0.6) is 0 Å². The third kappa shape index (κ3) is 3.25. The van der Waals surface area contributed by atoms with Gasteiger partial charge in [-0.25, -0.2) is 9.37 Å². The highest BCUT2D eigenvalue weighted by atomic mass is 35.5. The molecule has 0 radical (unpaired) electrons. The van der Waals surface area contributed by atoms with Gasteiger partial charge in [-0.15, -0.1) is 11.6 Å². The van der Waals surface area contributed by atoms with Crippen LogP contribution in [-0.4, -0.2) is 23.3 Å². The molecule has 0 saturated carbocycles. The lowest BCUT2D eigenvalue weighted by Crippen LogP contribution is -2.05. The molecular weight excluding hydrogens is 302 g/mol. The van der Waals surface area contributed by atoms with E-state index in [1.54, 1.807) is 13.2 Å². The maximum atomic E-state index is 13.7. The Hall–Kier alpha value is -0.840. The molecule has 1 unspecified atom stereocenters. The Labute approximate surface area is 127 Å². The van der Waals surface area contributed by atoms with Gasteiger partial charge in [0.1, 0.15) is 11.6 Å². The highest BCUT2D eigenvalue weighted by molar-refractivity contribution is 6.31. The summed E-state index contributed by atoms with van der Waals surface area (Å²) in [6, 6.07) is 2.96. The van der Waals surface area contributed by atoms with Gasteiger partial charge in [-0.05, 0) is 25.8 Å². The van der Waals surface area contributed by atoms with Crippen molar-refractivity contribution in [2.75, 3.05) is 13.7 Å². The molecule has 2 aromatic rings. The fraction of sp³-hybridized carbons (Fsp3) is 0.500. The summed E-state index contributed by atoms with van der Waals surface area (Å²) >= 11 is 12.0. The second-order valence-electron chi connectivity index (χ2n) is 4.69. The van der Waals surface area contributed by atoms with Crippen molar-refractivity contribution < 1.29 is 9.13 Å². The first kappa shape index (κ1) is 15.5. The number of aryl methyl sites for hydroxylation is 1. The number of nitrogens with zero attached hydrogens (tertiary/aromatic N) is 2. The number of hydrogen-bond donors (Lipinski definition) is 0. The first-order chi connectivity index (χ1) is 9.54. The molecule has 6 heteroatoms. The van der Waals surface area contributed by atoms with Crippen molar-refractivity contribution in [2.45, 2.75) is 31.7 Å². The summed E-state index contributed by atoms with van der Waals surface area (Å²) in [6.07, 6.45) is 1.85. The van der Waals surface area contributed by atoms with E-state index in [1.165, 1.54) is 6.07 Å². The Balaban J connectivity index is 2.37. The topological polar surface area (TPSA) is 27.1 Å². The Morgan fingerprint density at radius 2 is 2.15 bits per heavy atom. The lowest BCUT2D eigenvalue weighted by atomic mass is 10.2. The molecule has 0 aliphatic carbocycles. The Kier molecular flexibility index (Phi) is 5.24. The first-order valence-corrected chi connectivity index (χ1v) is 7.34. The fourth-order valence-electron chi connectivity index (χ4n) is 2.19. The van der Waals surface area contributed by atoms with Gasteiger partial charge in [0.05, 0.1) is 21.4 Å². The number of benzene rings is 1. The lowest BCUT2D eigenvalue weighted by molar-refractivity contribution is 0.191. The Bertz CT molecular complexity index is 598. The number of rotatable bonds is 6. The van der Waals surface area contributed by atoms with Gasteiger partial charge < -0.3 is 9.30 Å². The van der Waals surface area contributed by atoms with Crippen LogP contribution < -0.4 is 0 Å². The van der Waals surface area contributed by atoms with E-state index in [0.717, 1.165) is 30.7 Å². The van der Waals surface area contributed by atoms with Gasteiger partial charge >= 0.3 is 0 Å². The van der Waals surface area contributed by atoms with Crippen LogP contribution in [0.4, 0.5) is 4.39 Å². The highest BCUT2D eigenvalue weighted by Crippen LogP contribution is 2.28. The fourth-order valence-corrected chi connectivity index (χ4v) is 2.52. The number of aromatic nitrogens is 2. The number of ether oxygens (including phenoxy) is 1. The number of alkyl halides is 1. The highest BCUT2D eigenvalue weighted by Gasteiger charge is 2.16. The minimum Gasteiger partial charge on any atom is -0.385 e. The number of imidazole rings is 1. The van der Waals surface area contributed by atoms with Gasteiger partial charge in [-0.3, -0.25) is 0 Å². The molecule has 1 aromatic carbocycles. The second-order valence-corrected chi connectivity index (χ2v) is 5.75. The number of methoxy groups -OCH3 is 1. The molecule has 2 rings (SSSR count). The van der Waals surface area contributed by atoms with E-state index in [2.05, 4.69) is 4.98 Å². The third-order valence-corrected chi connectivity index (χ3v) is 3.64. The molecule has 20 heavy (non-hydrogen) atoms. The van der Waals surface area contributed by atoms with Gasteiger partial charge in [-0.2, -0.15) is 0 Å². The summed E-state index contributed by atoms with van der Waals surface area (Å²) in [5, 5.41) is -0.165. The molecule has 1 atom stereocenters. The maximum Gasteiger partial charge on any atom is 0.144 e. The molecule has 0 amide bonds. The van der Waals surface area contributed by atoms with E-state index in [4.69, 9.17) is 27.9 Å². The summed E-state index contributed by atoms with van der Waals surface area (Å²) in [5.74, 6) is 0.298. The average molecular weight is 319 g/mol. The minimum atomic E-state index is -0.439. The third-order valence-electron chi connectivity index (χ3n) is 3.16. The van der Waals surface area contributed by atoms with E-state index in [1.807, 2.05) is 11.5 Å². The molecule has 0 aliphatic rings. The molecular formula is C14H17Cl2FN2O. The lowest BCUT2D eigenvalue weighted by Gasteiger charge is -2.10. The largest absolute Gasteiger partial charge is 0.385 e. The van der Waals surface area contributed by atoms with E-state index >= 15 is 0 Å². The SMILES string of the molecule is COCCCCn1c(C(C)Cl)nc2cc(Cl)c(F)cc21. The summed E-state index contributed by atoms with van der Waals surface area (Å²) in [7, 11) is 1.68. The van der Waals surface area contributed by atoms with Gasteiger partial charge in [-0.1, -0.05) is 11.6 Å². The van der Waals surface area contributed by atoms with Gasteiger partial charge in [0, 0.05) is 26.3 Å². The van der Waals surface area contributed by atoms with Crippen molar-refractivity contribution in [3.05, 3.63) is 28.8 Å². The Morgan fingerprint density at radius 3 is 2.80 bits per heavy atom. The molecule has 0 fully saturated rings. The standard InChI is InChI=1S/C14H17Cl2FN2O/c1-9(15)14-18-12-7-10(16)11(17)8-13(12)19(14)5-3-4-6-20-2/h7-9H,3-6H2,1-2H3. The van der Waals surface area contributed by atoms with Crippen LogP contribution in [0.2, 0.25) is 5.02 Å². The summed E-state index contributed by atoms with van der Waals surface area (Å²) < 4.78 is 20.6. The van der Waals surface area contributed by atoms with Crippen molar-refractivity contribution >= 4 is 34.2 Å². The molecule has 0 spiro atoms. The average Bonchev–Trinajstić information content (AvgIpc) is 2.74. The first-order valence-electron chi connectivity index (χ1n) is 6.52. The van der Waals surface area contributed by atoms with Crippen molar-refractivity contribution in [1.82, 2.24) is 9.55 Å². The van der Waals surface area contributed by atoms with E-state index < -0.39 is 5.82 Å². The van der Waals surface area contributed by atoms with Gasteiger partial charge in [0.25, 0.3) is 0 Å². The zero-order valence-electron chi connectivity index (χ0n) is 11.5. The molecule has 1 heterocycles. The molecule has 1 aromatic heterocycles. The van der Waals surface area contributed by atoms with Crippen molar-refractivity contribution in [2.24, 2.45) is 0 Å². The summed E-state index contributed by atoms with van der Waals surface area (Å²) in [4.78, 5) is 4.46. The number of halogens is 3. The number of unbranched alkanes of at least 4 members (excludes halogenated alkanes) is 1. The number of fused-ring (bicyclic) bond motifs is 1. The molecule has 0 bridgehead atoms. The zero-order valence-corrected chi connectivity index (χ0v) is 13.0. The molecule has 110 valence electrons. The Morgan fingerprint density at radius 1 is 1.40 bits per heavy atom. The smallest absolute Gasteiger partial charge is 0.144 e. The van der Waals surface area contributed by atoms with Crippen LogP contribution in [0.1, 0.15) is 31.0 Å². The molecule has 0 N–H and O–H groups in total. The van der Waals surface area contributed by atoms with Crippen LogP contribution >= 0.6 is 23.2 Å². The number of hydrogen-bond acceptors (Lipinski definition) is 2. The quantitative estimate of drug-likeness (QED) is 0.577. The normalized spacial score (nSPS) is 13.1. The minimum absolute atomic E-state index is 0.0790.